The highest BCUT2D eigenvalue weighted by Gasteiger charge is 2.18. The fourth-order valence-corrected chi connectivity index (χ4v) is 2.87. The number of alkyl halides is 1. The quantitative estimate of drug-likeness (QED) is 0.582. The van der Waals surface area contributed by atoms with Gasteiger partial charge in [-0.3, -0.25) is 0 Å². The molecule has 1 aromatic rings. The molecule has 0 spiro atoms. The molecule has 94 valence electrons. The van der Waals surface area contributed by atoms with Crippen LogP contribution in [0, 0.1) is 5.92 Å². The van der Waals surface area contributed by atoms with Crippen molar-refractivity contribution in [3.05, 3.63) is 34.9 Å². The van der Waals surface area contributed by atoms with Gasteiger partial charge in [-0.1, -0.05) is 46.3 Å². The molecule has 0 aromatic heterocycles. The molecule has 0 N–H and O–H groups in total. The monoisotopic (exact) mass is 366 g/mol. The predicted molar refractivity (Wildman–Crippen MR) is 78.0 cm³/mol. The molecular weight excluding hydrogens is 350 g/mol. The van der Waals surface area contributed by atoms with E-state index in [1.54, 1.807) is 0 Å². The lowest BCUT2D eigenvalue weighted by Crippen LogP contribution is -2.14. The minimum absolute atomic E-state index is 0.134. The number of benzene rings is 1. The van der Waals surface area contributed by atoms with Gasteiger partial charge in [0.25, 0.3) is 0 Å². The average Bonchev–Trinajstić information content (AvgIpc) is 2.83. The minimum atomic E-state index is 0.134. The molecule has 0 bridgehead atoms. The standard InChI is InChI=1S/C13H16ClIO2/c14-12-3-1-2-11(6-12)13(7-15)17-9-10-4-5-16-8-10/h1-3,6,10,13H,4-5,7-9H2. The zero-order chi connectivity index (χ0) is 12.1. The first-order valence-electron chi connectivity index (χ1n) is 5.80. The topological polar surface area (TPSA) is 18.5 Å². The molecular formula is C13H16ClIO2. The van der Waals surface area contributed by atoms with Gasteiger partial charge in [0, 0.05) is 22.0 Å². The summed E-state index contributed by atoms with van der Waals surface area (Å²) in [5.74, 6) is 0.555. The van der Waals surface area contributed by atoms with Gasteiger partial charge in [0.2, 0.25) is 0 Å². The van der Waals surface area contributed by atoms with Crippen molar-refractivity contribution >= 4 is 34.2 Å². The second-order valence-electron chi connectivity index (χ2n) is 4.26. The third-order valence-corrected chi connectivity index (χ3v) is 3.95. The second-order valence-corrected chi connectivity index (χ2v) is 5.58. The van der Waals surface area contributed by atoms with Crippen LogP contribution in [0.15, 0.2) is 24.3 Å². The first-order valence-corrected chi connectivity index (χ1v) is 7.70. The normalized spacial score (nSPS) is 21.6. The van der Waals surface area contributed by atoms with Crippen molar-refractivity contribution in [1.29, 1.82) is 0 Å². The summed E-state index contributed by atoms with van der Waals surface area (Å²) in [6, 6.07) is 7.91. The lowest BCUT2D eigenvalue weighted by molar-refractivity contribution is 0.0402. The smallest absolute Gasteiger partial charge is 0.0914 e. The van der Waals surface area contributed by atoms with Crippen LogP contribution in [0.3, 0.4) is 0 Å². The molecule has 0 saturated carbocycles. The van der Waals surface area contributed by atoms with E-state index in [4.69, 9.17) is 21.1 Å². The van der Waals surface area contributed by atoms with E-state index in [0.29, 0.717) is 5.92 Å². The minimum Gasteiger partial charge on any atom is -0.381 e. The fraction of sp³-hybridized carbons (Fsp3) is 0.538. The van der Waals surface area contributed by atoms with Crippen LogP contribution < -0.4 is 0 Å². The Labute approximate surface area is 121 Å². The Balaban J connectivity index is 1.91. The van der Waals surface area contributed by atoms with Crippen molar-refractivity contribution in [2.45, 2.75) is 12.5 Å². The van der Waals surface area contributed by atoms with Crippen molar-refractivity contribution in [2.75, 3.05) is 24.2 Å². The maximum absolute atomic E-state index is 6.00. The summed E-state index contributed by atoms with van der Waals surface area (Å²) in [5.41, 5.74) is 1.16. The van der Waals surface area contributed by atoms with Crippen LogP contribution in [0.25, 0.3) is 0 Å². The van der Waals surface area contributed by atoms with Gasteiger partial charge in [-0.15, -0.1) is 0 Å². The van der Waals surface area contributed by atoms with Gasteiger partial charge in [-0.05, 0) is 24.1 Å². The molecule has 2 unspecified atom stereocenters. The number of hydrogen-bond acceptors (Lipinski definition) is 2. The predicted octanol–water partition coefficient (Wildman–Crippen LogP) is 3.87. The second kappa shape index (κ2) is 6.92. The number of rotatable bonds is 5. The van der Waals surface area contributed by atoms with Crippen molar-refractivity contribution in [1.82, 2.24) is 0 Å². The summed E-state index contributed by atoms with van der Waals surface area (Å²) in [5, 5.41) is 0.769. The molecule has 1 aliphatic rings. The van der Waals surface area contributed by atoms with E-state index >= 15 is 0 Å². The molecule has 1 fully saturated rings. The van der Waals surface area contributed by atoms with E-state index in [1.165, 1.54) is 0 Å². The maximum atomic E-state index is 6.00. The molecule has 1 aliphatic heterocycles. The molecule has 1 saturated heterocycles. The maximum Gasteiger partial charge on any atom is 0.0914 e. The van der Waals surface area contributed by atoms with Crippen molar-refractivity contribution in [3.8, 4) is 0 Å². The Morgan fingerprint density at radius 1 is 1.53 bits per heavy atom. The van der Waals surface area contributed by atoms with E-state index in [2.05, 4.69) is 28.7 Å². The van der Waals surface area contributed by atoms with Crippen molar-refractivity contribution in [3.63, 3.8) is 0 Å². The Kier molecular flexibility index (Phi) is 5.53. The number of hydrogen-bond donors (Lipinski definition) is 0. The fourth-order valence-electron chi connectivity index (χ4n) is 1.90. The molecule has 17 heavy (non-hydrogen) atoms. The van der Waals surface area contributed by atoms with Crippen LogP contribution in [-0.2, 0) is 9.47 Å². The third-order valence-electron chi connectivity index (χ3n) is 2.92. The van der Waals surface area contributed by atoms with E-state index in [-0.39, 0.29) is 6.10 Å². The summed E-state index contributed by atoms with van der Waals surface area (Å²) < 4.78 is 12.3. The van der Waals surface area contributed by atoms with Gasteiger partial charge >= 0.3 is 0 Å². The first-order chi connectivity index (χ1) is 8.29. The van der Waals surface area contributed by atoms with Crippen LogP contribution in [0.1, 0.15) is 18.1 Å². The molecule has 4 heteroatoms. The number of halogens is 2. The SMILES string of the molecule is Clc1cccc(C(CI)OCC2CCOC2)c1. The van der Waals surface area contributed by atoms with E-state index in [0.717, 1.165) is 41.3 Å². The van der Waals surface area contributed by atoms with Crippen LogP contribution >= 0.6 is 34.2 Å². The largest absolute Gasteiger partial charge is 0.381 e. The van der Waals surface area contributed by atoms with Crippen LogP contribution in [0.2, 0.25) is 5.02 Å². The average molecular weight is 367 g/mol. The molecule has 0 radical (unpaired) electrons. The Bertz CT molecular complexity index is 353. The molecule has 2 nitrogen and oxygen atoms in total. The first kappa shape index (κ1) is 13.6. The molecule has 0 amide bonds. The summed E-state index contributed by atoms with van der Waals surface area (Å²) >= 11 is 8.35. The molecule has 1 aromatic carbocycles. The molecule has 2 atom stereocenters. The Morgan fingerprint density at radius 2 is 2.41 bits per heavy atom. The zero-order valence-corrected chi connectivity index (χ0v) is 12.5. The highest BCUT2D eigenvalue weighted by molar-refractivity contribution is 14.1. The van der Waals surface area contributed by atoms with Gasteiger partial charge in [0.1, 0.15) is 0 Å². The lowest BCUT2D eigenvalue weighted by Gasteiger charge is -2.18. The van der Waals surface area contributed by atoms with E-state index in [1.807, 2.05) is 18.2 Å². The molecule has 1 heterocycles. The summed E-state index contributed by atoms with van der Waals surface area (Å²) in [4.78, 5) is 0. The van der Waals surface area contributed by atoms with Gasteiger partial charge in [0.15, 0.2) is 0 Å². The summed E-state index contributed by atoms with van der Waals surface area (Å²) in [6.07, 6.45) is 1.25. The van der Waals surface area contributed by atoms with Crippen molar-refractivity contribution < 1.29 is 9.47 Å². The van der Waals surface area contributed by atoms with Crippen LogP contribution in [-0.4, -0.2) is 24.2 Å². The zero-order valence-electron chi connectivity index (χ0n) is 9.57. The van der Waals surface area contributed by atoms with Crippen LogP contribution in [0.4, 0.5) is 0 Å². The Hall–Kier alpha value is 0.160. The van der Waals surface area contributed by atoms with Gasteiger partial charge in [-0.25, -0.2) is 0 Å². The summed E-state index contributed by atoms with van der Waals surface area (Å²) in [7, 11) is 0. The third kappa shape index (κ3) is 4.09. The van der Waals surface area contributed by atoms with Gasteiger partial charge in [-0.2, -0.15) is 0 Å². The molecule has 0 aliphatic carbocycles. The summed E-state index contributed by atoms with van der Waals surface area (Å²) in [6.45, 7) is 2.49. The van der Waals surface area contributed by atoms with E-state index in [9.17, 15) is 0 Å². The van der Waals surface area contributed by atoms with Crippen LogP contribution in [0.5, 0.6) is 0 Å². The number of ether oxygens (including phenoxy) is 2. The Morgan fingerprint density at radius 3 is 3.06 bits per heavy atom. The van der Waals surface area contributed by atoms with Gasteiger partial charge < -0.3 is 9.47 Å². The highest BCUT2D eigenvalue weighted by Crippen LogP contribution is 2.24. The molecule has 2 rings (SSSR count). The van der Waals surface area contributed by atoms with E-state index < -0.39 is 0 Å². The van der Waals surface area contributed by atoms with Gasteiger partial charge in [0.05, 0.1) is 19.3 Å². The van der Waals surface area contributed by atoms with Crippen molar-refractivity contribution in [2.24, 2.45) is 5.92 Å². The highest BCUT2D eigenvalue weighted by atomic mass is 127. The lowest BCUT2D eigenvalue weighted by atomic mass is 10.1.